The molecule has 0 N–H and O–H groups in total. The van der Waals surface area contributed by atoms with Crippen molar-refractivity contribution in [1.82, 2.24) is 4.90 Å². The molecule has 0 bridgehead atoms. The highest BCUT2D eigenvalue weighted by atomic mass is 15.1. The summed E-state index contributed by atoms with van der Waals surface area (Å²) in [6.07, 6.45) is 2.64. The zero-order valence-electron chi connectivity index (χ0n) is 7.85. The Balaban J connectivity index is 3.53. The molecule has 0 heterocycles. The number of rotatable bonds is 5. The molecule has 0 saturated heterocycles. The van der Waals surface area contributed by atoms with Gasteiger partial charge in [-0.2, -0.15) is 0 Å². The molecule has 0 aliphatic rings. The van der Waals surface area contributed by atoms with Crippen molar-refractivity contribution in [2.24, 2.45) is 0 Å². The lowest BCUT2D eigenvalue weighted by atomic mass is 10.1. The highest BCUT2D eigenvalue weighted by Crippen LogP contribution is 2.04. The molecule has 0 aliphatic heterocycles. The summed E-state index contributed by atoms with van der Waals surface area (Å²) in [4.78, 5) is 2.50. The highest BCUT2D eigenvalue weighted by Gasteiger charge is 2.06. The van der Waals surface area contributed by atoms with Gasteiger partial charge in [-0.05, 0) is 26.4 Å². The summed E-state index contributed by atoms with van der Waals surface area (Å²) in [5, 5.41) is 0. The third-order valence-corrected chi connectivity index (χ3v) is 2.14. The van der Waals surface area contributed by atoms with Crippen LogP contribution in [0.5, 0.6) is 0 Å². The predicted molar refractivity (Wildman–Crippen MR) is 47.3 cm³/mol. The van der Waals surface area contributed by atoms with Gasteiger partial charge in [0, 0.05) is 6.04 Å². The van der Waals surface area contributed by atoms with Gasteiger partial charge in [-0.25, -0.2) is 0 Å². The number of hydrogen-bond donors (Lipinski definition) is 0. The quantitative estimate of drug-likeness (QED) is 0.571. The van der Waals surface area contributed by atoms with E-state index < -0.39 is 0 Å². The molecule has 1 atom stereocenters. The molecule has 0 fully saturated rings. The summed E-state index contributed by atoms with van der Waals surface area (Å²) >= 11 is 0. The van der Waals surface area contributed by atoms with Crippen molar-refractivity contribution in [3.8, 4) is 0 Å². The number of hydrogen-bond acceptors (Lipinski definition) is 1. The maximum Gasteiger partial charge on any atom is 0.00665 e. The average molecular weight is 143 g/mol. The average Bonchev–Trinajstić information content (AvgIpc) is 1.91. The zero-order valence-corrected chi connectivity index (χ0v) is 7.85. The second kappa shape index (κ2) is 5.72. The topological polar surface area (TPSA) is 3.24 Å². The van der Waals surface area contributed by atoms with Crippen molar-refractivity contribution in [2.45, 2.75) is 46.6 Å². The van der Waals surface area contributed by atoms with Crippen LogP contribution in [0.2, 0.25) is 0 Å². The fourth-order valence-electron chi connectivity index (χ4n) is 1.45. The molecule has 0 radical (unpaired) electrons. The largest absolute Gasteiger partial charge is 0.301 e. The molecule has 0 aromatic rings. The molecule has 0 aromatic carbocycles. The highest BCUT2D eigenvalue weighted by molar-refractivity contribution is 4.62. The predicted octanol–water partition coefficient (Wildman–Crippen LogP) is 2.52. The zero-order chi connectivity index (χ0) is 7.98. The molecular weight excluding hydrogens is 122 g/mol. The minimum Gasteiger partial charge on any atom is -0.301 e. The van der Waals surface area contributed by atoms with E-state index >= 15 is 0 Å². The van der Waals surface area contributed by atoms with E-state index in [2.05, 4.69) is 32.6 Å². The Labute approximate surface area is 65.4 Å². The first-order chi connectivity index (χ1) is 4.76. The SMILES string of the molecule is CCCC(C)N(CC)CC. The summed E-state index contributed by atoms with van der Waals surface area (Å²) in [7, 11) is 0. The van der Waals surface area contributed by atoms with Crippen LogP contribution in [0.4, 0.5) is 0 Å². The molecule has 1 nitrogen and oxygen atoms in total. The van der Waals surface area contributed by atoms with Gasteiger partial charge in [0.2, 0.25) is 0 Å². The van der Waals surface area contributed by atoms with Crippen LogP contribution in [-0.2, 0) is 0 Å². The fourth-order valence-corrected chi connectivity index (χ4v) is 1.45. The van der Waals surface area contributed by atoms with Gasteiger partial charge in [-0.1, -0.05) is 27.2 Å². The lowest BCUT2D eigenvalue weighted by Gasteiger charge is -2.25. The van der Waals surface area contributed by atoms with Gasteiger partial charge in [0.25, 0.3) is 0 Å². The van der Waals surface area contributed by atoms with Crippen molar-refractivity contribution in [3.05, 3.63) is 0 Å². The van der Waals surface area contributed by atoms with Crippen LogP contribution in [0.1, 0.15) is 40.5 Å². The summed E-state index contributed by atoms with van der Waals surface area (Å²) in [5.74, 6) is 0. The smallest absolute Gasteiger partial charge is 0.00665 e. The van der Waals surface area contributed by atoms with Gasteiger partial charge in [-0.15, -0.1) is 0 Å². The maximum absolute atomic E-state index is 2.50. The Morgan fingerprint density at radius 1 is 1.10 bits per heavy atom. The van der Waals surface area contributed by atoms with E-state index in [4.69, 9.17) is 0 Å². The van der Waals surface area contributed by atoms with E-state index in [1.807, 2.05) is 0 Å². The van der Waals surface area contributed by atoms with Gasteiger partial charge in [0.05, 0.1) is 0 Å². The maximum atomic E-state index is 2.50. The van der Waals surface area contributed by atoms with E-state index in [-0.39, 0.29) is 0 Å². The van der Waals surface area contributed by atoms with Crippen molar-refractivity contribution in [2.75, 3.05) is 13.1 Å². The van der Waals surface area contributed by atoms with Gasteiger partial charge in [0.1, 0.15) is 0 Å². The molecule has 0 aromatic heterocycles. The summed E-state index contributed by atoms with van der Waals surface area (Å²) in [5.41, 5.74) is 0. The Morgan fingerprint density at radius 2 is 1.60 bits per heavy atom. The second-order valence-electron chi connectivity index (χ2n) is 2.86. The molecule has 0 saturated carbocycles. The first-order valence-electron chi connectivity index (χ1n) is 4.50. The van der Waals surface area contributed by atoms with Crippen molar-refractivity contribution < 1.29 is 0 Å². The van der Waals surface area contributed by atoms with Crippen LogP contribution in [0.15, 0.2) is 0 Å². The summed E-state index contributed by atoms with van der Waals surface area (Å²) < 4.78 is 0. The van der Waals surface area contributed by atoms with Crippen molar-refractivity contribution in [3.63, 3.8) is 0 Å². The minimum absolute atomic E-state index is 0.778. The molecule has 0 amide bonds. The van der Waals surface area contributed by atoms with Crippen molar-refractivity contribution in [1.29, 1.82) is 0 Å². The van der Waals surface area contributed by atoms with E-state index in [0.717, 1.165) is 6.04 Å². The van der Waals surface area contributed by atoms with E-state index in [1.165, 1.54) is 25.9 Å². The minimum atomic E-state index is 0.778. The standard InChI is InChI=1S/C9H21N/c1-5-8-9(4)10(6-2)7-3/h9H,5-8H2,1-4H3. The van der Waals surface area contributed by atoms with Crippen LogP contribution in [0.25, 0.3) is 0 Å². The van der Waals surface area contributed by atoms with Crippen LogP contribution in [-0.4, -0.2) is 24.0 Å². The molecule has 0 rings (SSSR count). The fraction of sp³-hybridized carbons (Fsp3) is 1.00. The third-order valence-electron chi connectivity index (χ3n) is 2.14. The molecular formula is C9H21N. The van der Waals surface area contributed by atoms with E-state index in [1.54, 1.807) is 0 Å². The van der Waals surface area contributed by atoms with Crippen LogP contribution in [0.3, 0.4) is 0 Å². The van der Waals surface area contributed by atoms with Crippen LogP contribution < -0.4 is 0 Å². The van der Waals surface area contributed by atoms with Gasteiger partial charge in [0.15, 0.2) is 0 Å². The third kappa shape index (κ3) is 3.21. The molecule has 0 aliphatic carbocycles. The Morgan fingerprint density at radius 3 is 1.90 bits per heavy atom. The number of nitrogens with zero attached hydrogens (tertiary/aromatic N) is 1. The van der Waals surface area contributed by atoms with Gasteiger partial charge < -0.3 is 4.90 Å². The van der Waals surface area contributed by atoms with E-state index in [0.29, 0.717) is 0 Å². The normalized spacial score (nSPS) is 14.1. The molecule has 1 heteroatoms. The first-order valence-corrected chi connectivity index (χ1v) is 4.50. The second-order valence-corrected chi connectivity index (χ2v) is 2.86. The van der Waals surface area contributed by atoms with Crippen LogP contribution in [0, 0.1) is 0 Å². The van der Waals surface area contributed by atoms with Crippen molar-refractivity contribution >= 4 is 0 Å². The van der Waals surface area contributed by atoms with E-state index in [9.17, 15) is 0 Å². The lowest BCUT2D eigenvalue weighted by Crippen LogP contribution is -2.32. The molecule has 10 heavy (non-hydrogen) atoms. The first kappa shape index (κ1) is 9.96. The van der Waals surface area contributed by atoms with Crippen LogP contribution >= 0.6 is 0 Å². The Kier molecular flexibility index (Phi) is 5.70. The van der Waals surface area contributed by atoms with Gasteiger partial charge >= 0.3 is 0 Å². The Bertz CT molecular complexity index is 67.1. The van der Waals surface area contributed by atoms with Gasteiger partial charge in [-0.3, -0.25) is 0 Å². The Hall–Kier alpha value is -0.0400. The summed E-state index contributed by atoms with van der Waals surface area (Å²) in [6.45, 7) is 11.4. The summed E-state index contributed by atoms with van der Waals surface area (Å²) in [6, 6.07) is 0.778. The monoisotopic (exact) mass is 143 g/mol. The molecule has 62 valence electrons. The lowest BCUT2D eigenvalue weighted by molar-refractivity contribution is 0.220. The molecule has 1 unspecified atom stereocenters. The molecule has 0 spiro atoms.